The predicted molar refractivity (Wildman–Crippen MR) is 74.3 cm³/mol. The number of hydrogen-bond acceptors (Lipinski definition) is 5. The zero-order chi connectivity index (χ0) is 15.5. The second kappa shape index (κ2) is 6.13. The minimum absolute atomic E-state index is 0.0893. The van der Waals surface area contributed by atoms with Gasteiger partial charge in [-0.2, -0.15) is 0 Å². The second-order valence-corrected chi connectivity index (χ2v) is 5.32. The van der Waals surface area contributed by atoms with Gasteiger partial charge in [0.15, 0.2) is 5.54 Å². The lowest BCUT2D eigenvalue weighted by molar-refractivity contribution is -0.145. The average molecular weight is 293 g/mol. The number of cyclic esters (lactones) is 1. The van der Waals surface area contributed by atoms with Crippen molar-refractivity contribution in [1.82, 2.24) is 5.32 Å². The molecule has 21 heavy (non-hydrogen) atoms. The van der Waals surface area contributed by atoms with Crippen molar-refractivity contribution in [3.8, 4) is 0 Å². The first-order valence-corrected chi connectivity index (χ1v) is 6.81. The highest BCUT2D eigenvalue weighted by atomic mass is 16.6. The van der Waals surface area contributed by atoms with Gasteiger partial charge in [-0.05, 0) is 11.5 Å². The Kier molecular flexibility index (Phi) is 4.47. The largest absolute Gasteiger partial charge is 0.461 e. The molecular weight excluding hydrogens is 274 g/mol. The van der Waals surface area contributed by atoms with Crippen molar-refractivity contribution < 1.29 is 24.2 Å². The quantitative estimate of drug-likeness (QED) is 0.815. The summed E-state index contributed by atoms with van der Waals surface area (Å²) in [5.41, 5.74) is -0.617. The van der Waals surface area contributed by atoms with Crippen molar-refractivity contribution in [1.29, 1.82) is 0 Å². The maximum Gasteiger partial charge on any atom is 0.408 e. The number of hydrogen-bond donors (Lipinski definition) is 2. The zero-order valence-corrected chi connectivity index (χ0v) is 12.0. The lowest BCUT2D eigenvalue weighted by Crippen LogP contribution is -2.62. The van der Waals surface area contributed by atoms with Crippen LogP contribution in [0.1, 0.15) is 19.4 Å². The van der Waals surface area contributed by atoms with E-state index >= 15 is 0 Å². The monoisotopic (exact) mass is 293 g/mol. The van der Waals surface area contributed by atoms with Gasteiger partial charge in [0.25, 0.3) is 0 Å². The molecule has 0 radical (unpaired) electrons. The molecule has 0 aromatic heterocycles. The highest BCUT2D eigenvalue weighted by Gasteiger charge is 2.55. The molecule has 1 saturated heterocycles. The molecule has 2 rings (SSSR count). The van der Waals surface area contributed by atoms with Gasteiger partial charge in [-0.3, -0.25) is 0 Å². The smallest absolute Gasteiger partial charge is 0.408 e. The normalized spacial score (nSPS) is 24.8. The third kappa shape index (κ3) is 3.00. The fourth-order valence-electron chi connectivity index (χ4n) is 2.37. The number of aliphatic hydroxyl groups is 1. The SMILES string of the molecule is CC(C)[C@@]1(NC(=O)OCc2ccccc2)C(=O)OC[C@H]1O. The number of benzene rings is 1. The van der Waals surface area contributed by atoms with Crippen LogP contribution in [0.15, 0.2) is 30.3 Å². The molecule has 114 valence electrons. The van der Waals surface area contributed by atoms with E-state index in [0.717, 1.165) is 5.56 Å². The number of ether oxygens (including phenoxy) is 2. The first kappa shape index (κ1) is 15.3. The molecule has 2 atom stereocenters. The number of rotatable bonds is 4. The molecule has 1 aliphatic rings. The number of amides is 1. The molecule has 6 nitrogen and oxygen atoms in total. The van der Waals surface area contributed by atoms with Crippen LogP contribution in [-0.2, 0) is 20.9 Å². The Labute approximate surface area is 123 Å². The third-order valence-electron chi connectivity index (χ3n) is 3.67. The van der Waals surface area contributed by atoms with E-state index in [9.17, 15) is 14.7 Å². The van der Waals surface area contributed by atoms with Gasteiger partial charge in [-0.15, -0.1) is 0 Å². The Morgan fingerprint density at radius 2 is 2.14 bits per heavy atom. The van der Waals surface area contributed by atoms with Crippen LogP contribution in [0.5, 0.6) is 0 Å². The third-order valence-corrected chi connectivity index (χ3v) is 3.67. The molecule has 1 amide bonds. The summed E-state index contributed by atoms with van der Waals surface area (Å²) in [4.78, 5) is 23.8. The van der Waals surface area contributed by atoms with Crippen molar-refractivity contribution in [2.45, 2.75) is 32.1 Å². The van der Waals surface area contributed by atoms with E-state index in [1.807, 2.05) is 30.3 Å². The van der Waals surface area contributed by atoms with Gasteiger partial charge in [0.05, 0.1) is 0 Å². The predicted octanol–water partition coefficient (Wildman–Crippen LogP) is 1.23. The molecule has 1 aliphatic heterocycles. The van der Waals surface area contributed by atoms with E-state index in [1.165, 1.54) is 0 Å². The maximum absolute atomic E-state index is 11.9. The van der Waals surface area contributed by atoms with Crippen molar-refractivity contribution in [3.63, 3.8) is 0 Å². The first-order chi connectivity index (χ1) is 9.96. The van der Waals surface area contributed by atoms with Crippen molar-refractivity contribution in [3.05, 3.63) is 35.9 Å². The molecule has 2 N–H and O–H groups in total. The summed E-state index contributed by atoms with van der Waals surface area (Å²) in [7, 11) is 0. The molecule has 1 heterocycles. The molecule has 1 aromatic rings. The molecule has 1 fully saturated rings. The minimum Gasteiger partial charge on any atom is -0.461 e. The van der Waals surface area contributed by atoms with E-state index in [0.29, 0.717) is 0 Å². The van der Waals surface area contributed by atoms with Gasteiger partial charge in [0.1, 0.15) is 19.3 Å². The highest BCUT2D eigenvalue weighted by Crippen LogP contribution is 2.29. The Morgan fingerprint density at radius 3 is 2.67 bits per heavy atom. The lowest BCUT2D eigenvalue weighted by atomic mass is 9.83. The van der Waals surface area contributed by atoms with Crippen molar-refractivity contribution in [2.75, 3.05) is 6.61 Å². The van der Waals surface area contributed by atoms with E-state index in [-0.39, 0.29) is 19.1 Å². The highest BCUT2D eigenvalue weighted by molar-refractivity contribution is 5.88. The summed E-state index contributed by atoms with van der Waals surface area (Å²) < 4.78 is 9.94. The van der Waals surface area contributed by atoms with Gasteiger partial charge in [-0.25, -0.2) is 9.59 Å². The summed E-state index contributed by atoms with van der Waals surface area (Å²) >= 11 is 0. The minimum atomic E-state index is -1.45. The van der Waals surface area contributed by atoms with Crippen LogP contribution in [0.25, 0.3) is 0 Å². The van der Waals surface area contributed by atoms with Crippen LogP contribution >= 0.6 is 0 Å². The molecule has 0 saturated carbocycles. The maximum atomic E-state index is 11.9. The molecule has 0 bridgehead atoms. The summed E-state index contributed by atoms with van der Waals surface area (Å²) in [6.45, 7) is 3.42. The summed E-state index contributed by atoms with van der Waals surface area (Å²) in [6, 6.07) is 9.19. The molecular formula is C15H19NO5. The van der Waals surface area contributed by atoms with Crippen LogP contribution in [0, 0.1) is 5.92 Å². The summed E-state index contributed by atoms with van der Waals surface area (Å²) in [5, 5.41) is 12.5. The van der Waals surface area contributed by atoms with E-state index < -0.39 is 23.7 Å². The van der Waals surface area contributed by atoms with Crippen molar-refractivity contribution >= 4 is 12.1 Å². The van der Waals surface area contributed by atoms with Gasteiger partial charge in [0, 0.05) is 0 Å². The zero-order valence-electron chi connectivity index (χ0n) is 12.0. The van der Waals surface area contributed by atoms with Crippen molar-refractivity contribution in [2.24, 2.45) is 5.92 Å². The van der Waals surface area contributed by atoms with E-state index in [1.54, 1.807) is 13.8 Å². The average Bonchev–Trinajstić information content (AvgIpc) is 2.75. The van der Waals surface area contributed by atoms with Crippen LogP contribution in [0.2, 0.25) is 0 Å². The number of aliphatic hydroxyl groups excluding tert-OH is 1. The lowest BCUT2D eigenvalue weighted by Gasteiger charge is -2.32. The molecule has 0 aliphatic carbocycles. The van der Waals surface area contributed by atoms with Gasteiger partial charge >= 0.3 is 12.1 Å². The van der Waals surface area contributed by atoms with Gasteiger partial charge in [-0.1, -0.05) is 44.2 Å². The van der Waals surface area contributed by atoms with Crippen LogP contribution in [0.3, 0.4) is 0 Å². The number of carbonyl (C=O) groups is 2. The number of nitrogens with one attached hydrogen (secondary N) is 1. The fraction of sp³-hybridized carbons (Fsp3) is 0.467. The Morgan fingerprint density at radius 1 is 1.48 bits per heavy atom. The molecule has 6 heteroatoms. The van der Waals surface area contributed by atoms with E-state index in [4.69, 9.17) is 9.47 Å². The summed E-state index contributed by atoms with van der Waals surface area (Å²) in [5.74, 6) is -0.964. The Balaban J connectivity index is 2.01. The second-order valence-electron chi connectivity index (χ2n) is 5.32. The van der Waals surface area contributed by atoms with Crippen LogP contribution in [-0.4, -0.2) is 35.4 Å². The first-order valence-electron chi connectivity index (χ1n) is 6.81. The Bertz CT molecular complexity index is 516. The number of alkyl carbamates (subject to hydrolysis) is 1. The Hall–Kier alpha value is -2.08. The van der Waals surface area contributed by atoms with E-state index in [2.05, 4.69) is 5.32 Å². The standard InChI is InChI=1S/C15H19NO5/c1-10(2)15(12(17)9-20-13(15)18)16-14(19)21-8-11-6-4-3-5-7-11/h3-7,10,12,17H,8-9H2,1-2H3,(H,16,19)/t12-,15+/m1/s1. The summed E-state index contributed by atoms with van der Waals surface area (Å²) in [6.07, 6.45) is -1.85. The topological polar surface area (TPSA) is 84.9 Å². The number of esters is 1. The fourth-order valence-corrected chi connectivity index (χ4v) is 2.37. The van der Waals surface area contributed by atoms with Crippen LogP contribution in [0.4, 0.5) is 4.79 Å². The molecule has 1 aromatic carbocycles. The molecule has 0 spiro atoms. The number of carbonyl (C=O) groups excluding carboxylic acids is 2. The van der Waals surface area contributed by atoms with Crippen LogP contribution < -0.4 is 5.32 Å². The van der Waals surface area contributed by atoms with Gasteiger partial charge in [0.2, 0.25) is 0 Å². The molecule has 0 unspecified atom stereocenters. The van der Waals surface area contributed by atoms with Gasteiger partial charge < -0.3 is 19.9 Å².